The van der Waals surface area contributed by atoms with Crippen molar-refractivity contribution in [2.45, 2.75) is 18.6 Å². The fourth-order valence-electron chi connectivity index (χ4n) is 2.31. The molecule has 0 unspecified atom stereocenters. The molecule has 0 saturated carbocycles. The van der Waals surface area contributed by atoms with Gasteiger partial charge in [-0.1, -0.05) is 0 Å². The highest BCUT2D eigenvalue weighted by Crippen LogP contribution is 2.30. The van der Waals surface area contributed by atoms with Crippen LogP contribution in [0.25, 0.3) is 0 Å². The van der Waals surface area contributed by atoms with Crippen molar-refractivity contribution in [2.75, 3.05) is 39.2 Å². The van der Waals surface area contributed by atoms with Gasteiger partial charge in [0.05, 0.1) is 6.61 Å². The Balaban J connectivity index is 1.96. The minimum atomic E-state index is 0.104. The largest absolute Gasteiger partial charge is 0.491 e. The zero-order chi connectivity index (χ0) is 15.3. The number of thioether (sulfide) groups is 1. The summed E-state index contributed by atoms with van der Waals surface area (Å²) >= 11 is 1.92. The Morgan fingerprint density at radius 2 is 2.00 bits per heavy atom. The number of hydrogen-bond donors (Lipinski definition) is 0. The first-order valence-electron chi connectivity index (χ1n) is 7.17. The zero-order valence-electron chi connectivity index (χ0n) is 12.9. The first-order chi connectivity index (χ1) is 10.0. The van der Waals surface area contributed by atoms with Crippen LogP contribution in [0.3, 0.4) is 0 Å². The molecule has 1 amide bonds. The van der Waals surface area contributed by atoms with Gasteiger partial charge in [-0.15, -0.1) is 0 Å². The van der Waals surface area contributed by atoms with Crippen molar-refractivity contribution in [1.82, 2.24) is 4.90 Å². The molecule has 0 bridgehead atoms. The van der Waals surface area contributed by atoms with E-state index in [9.17, 15) is 4.79 Å². The lowest BCUT2D eigenvalue weighted by Crippen LogP contribution is -2.46. The highest BCUT2D eigenvalue weighted by atomic mass is 32.2. The second-order valence-electron chi connectivity index (χ2n) is 5.70. The smallest absolute Gasteiger partial charge is 0.253 e. The number of carbonyl (C=O) groups is 1. The second-order valence-corrected chi connectivity index (χ2v) is 7.50. The summed E-state index contributed by atoms with van der Waals surface area (Å²) in [6.45, 7) is 7.05. The Morgan fingerprint density at radius 1 is 1.29 bits per heavy atom. The third-order valence-electron chi connectivity index (χ3n) is 3.37. The summed E-state index contributed by atoms with van der Waals surface area (Å²) in [5.41, 5.74) is 0.719. The number of nitrogens with zero attached hydrogens (tertiary/aromatic N) is 1. The van der Waals surface area contributed by atoms with E-state index in [1.807, 2.05) is 40.9 Å². The number of amides is 1. The van der Waals surface area contributed by atoms with Crippen molar-refractivity contribution in [1.29, 1.82) is 0 Å². The molecule has 1 saturated heterocycles. The maximum absolute atomic E-state index is 12.5. The third kappa shape index (κ3) is 4.64. The fraction of sp³-hybridized carbons (Fsp3) is 0.562. The lowest BCUT2D eigenvalue weighted by Gasteiger charge is -2.37. The Hall–Kier alpha value is -1.20. The molecular formula is C16H23NO3S. The predicted octanol–water partition coefficient (Wildman–Crippen LogP) is 2.68. The van der Waals surface area contributed by atoms with Gasteiger partial charge in [0.2, 0.25) is 0 Å². The van der Waals surface area contributed by atoms with Gasteiger partial charge < -0.3 is 14.4 Å². The third-order valence-corrected chi connectivity index (χ3v) is 4.67. The van der Waals surface area contributed by atoms with Crippen LogP contribution in [0, 0.1) is 0 Å². The summed E-state index contributed by atoms with van der Waals surface area (Å²) in [7, 11) is 1.64. The van der Waals surface area contributed by atoms with Crippen LogP contribution in [0.1, 0.15) is 24.2 Å². The van der Waals surface area contributed by atoms with Crippen LogP contribution in [-0.2, 0) is 4.74 Å². The first kappa shape index (κ1) is 16.2. The molecule has 0 radical (unpaired) electrons. The van der Waals surface area contributed by atoms with Crippen LogP contribution < -0.4 is 4.74 Å². The summed E-state index contributed by atoms with van der Waals surface area (Å²) < 4.78 is 10.6. The lowest BCUT2D eigenvalue weighted by molar-refractivity contribution is 0.0748. The van der Waals surface area contributed by atoms with Crippen LogP contribution >= 0.6 is 11.8 Å². The molecule has 0 atom stereocenters. The molecule has 21 heavy (non-hydrogen) atoms. The molecule has 0 N–H and O–H groups in total. The number of ether oxygens (including phenoxy) is 2. The average molecular weight is 309 g/mol. The predicted molar refractivity (Wildman–Crippen MR) is 86.3 cm³/mol. The molecule has 4 nitrogen and oxygen atoms in total. The van der Waals surface area contributed by atoms with Crippen molar-refractivity contribution >= 4 is 17.7 Å². The molecule has 5 heteroatoms. The first-order valence-corrected chi connectivity index (χ1v) is 8.15. The number of benzene rings is 1. The van der Waals surface area contributed by atoms with Crippen molar-refractivity contribution in [3.63, 3.8) is 0 Å². The van der Waals surface area contributed by atoms with Gasteiger partial charge in [0.25, 0.3) is 5.91 Å². The molecule has 0 spiro atoms. The number of methoxy groups -OCH3 is 1. The number of rotatable bonds is 5. The molecule has 1 heterocycles. The van der Waals surface area contributed by atoms with Gasteiger partial charge in [0.1, 0.15) is 12.4 Å². The minimum absolute atomic E-state index is 0.104. The van der Waals surface area contributed by atoms with Gasteiger partial charge in [-0.25, -0.2) is 0 Å². The van der Waals surface area contributed by atoms with E-state index in [-0.39, 0.29) is 10.7 Å². The van der Waals surface area contributed by atoms with Crippen molar-refractivity contribution in [3.05, 3.63) is 29.8 Å². The maximum Gasteiger partial charge on any atom is 0.253 e. The molecule has 0 aromatic heterocycles. The Morgan fingerprint density at radius 3 is 2.62 bits per heavy atom. The Bertz CT molecular complexity index is 473. The molecule has 1 aliphatic rings. The van der Waals surface area contributed by atoms with Gasteiger partial charge in [0, 0.05) is 36.3 Å². The van der Waals surface area contributed by atoms with E-state index in [1.165, 1.54) is 0 Å². The maximum atomic E-state index is 12.5. The van der Waals surface area contributed by atoms with E-state index in [0.717, 1.165) is 30.2 Å². The van der Waals surface area contributed by atoms with Crippen molar-refractivity contribution in [2.24, 2.45) is 0 Å². The van der Waals surface area contributed by atoms with E-state index in [1.54, 1.807) is 7.11 Å². The van der Waals surface area contributed by atoms with Gasteiger partial charge in [-0.05, 0) is 38.1 Å². The molecular weight excluding hydrogens is 286 g/mol. The minimum Gasteiger partial charge on any atom is -0.491 e. The molecule has 1 fully saturated rings. The monoisotopic (exact) mass is 309 g/mol. The van der Waals surface area contributed by atoms with Gasteiger partial charge in [0.15, 0.2) is 0 Å². The normalized spacial score (nSPS) is 17.6. The second kappa shape index (κ2) is 7.18. The molecule has 0 aliphatic carbocycles. The quantitative estimate of drug-likeness (QED) is 0.784. The van der Waals surface area contributed by atoms with E-state index in [2.05, 4.69) is 13.8 Å². The van der Waals surface area contributed by atoms with E-state index in [4.69, 9.17) is 9.47 Å². The van der Waals surface area contributed by atoms with Gasteiger partial charge in [-0.3, -0.25) is 4.79 Å². The van der Waals surface area contributed by atoms with Crippen LogP contribution in [0.4, 0.5) is 0 Å². The van der Waals surface area contributed by atoms with Crippen LogP contribution in [0.5, 0.6) is 5.75 Å². The standard InChI is InChI=1S/C16H23NO3S/c1-16(2)12-17(8-11-21-16)15(18)13-4-6-14(7-5-13)20-10-9-19-3/h4-7H,8-12H2,1-3H3. The average Bonchev–Trinajstić information content (AvgIpc) is 2.46. The molecule has 1 aromatic rings. The summed E-state index contributed by atoms with van der Waals surface area (Å²) in [5, 5.41) is 0. The summed E-state index contributed by atoms with van der Waals surface area (Å²) in [6.07, 6.45) is 0. The lowest BCUT2D eigenvalue weighted by atomic mass is 10.1. The molecule has 1 aromatic carbocycles. The summed E-state index contributed by atoms with van der Waals surface area (Å²) in [5.74, 6) is 1.86. The van der Waals surface area contributed by atoms with Gasteiger partial charge in [-0.2, -0.15) is 11.8 Å². The summed E-state index contributed by atoms with van der Waals surface area (Å²) in [6, 6.07) is 7.35. The van der Waals surface area contributed by atoms with Crippen molar-refractivity contribution in [3.8, 4) is 5.75 Å². The van der Waals surface area contributed by atoms with Crippen LogP contribution in [0.2, 0.25) is 0 Å². The molecule has 2 rings (SSSR count). The van der Waals surface area contributed by atoms with E-state index < -0.39 is 0 Å². The van der Waals surface area contributed by atoms with Crippen LogP contribution in [0.15, 0.2) is 24.3 Å². The Kier molecular flexibility index (Phi) is 5.53. The number of hydrogen-bond acceptors (Lipinski definition) is 4. The Labute approximate surface area is 130 Å². The molecule has 116 valence electrons. The topological polar surface area (TPSA) is 38.8 Å². The SMILES string of the molecule is COCCOc1ccc(C(=O)N2CCSC(C)(C)C2)cc1. The van der Waals surface area contributed by atoms with E-state index in [0.29, 0.717) is 13.2 Å². The number of carbonyl (C=O) groups excluding carboxylic acids is 1. The van der Waals surface area contributed by atoms with Crippen LogP contribution in [-0.4, -0.2) is 54.7 Å². The van der Waals surface area contributed by atoms with E-state index >= 15 is 0 Å². The highest BCUT2D eigenvalue weighted by Gasteiger charge is 2.30. The van der Waals surface area contributed by atoms with Crippen molar-refractivity contribution < 1.29 is 14.3 Å². The summed E-state index contributed by atoms with van der Waals surface area (Å²) in [4.78, 5) is 14.5. The molecule has 1 aliphatic heterocycles. The fourth-order valence-corrected chi connectivity index (χ4v) is 3.42. The highest BCUT2D eigenvalue weighted by molar-refractivity contribution is 8.00. The van der Waals surface area contributed by atoms with Gasteiger partial charge >= 0.3 is 0 Å². The zero-order valence-corrected chi connectivity index (χ0v) is 13.7.